The van der Waals surface area contributed by atoms with Gasteiger partial charge in [0.15, 0.2) is 0 Å². The maximum atomic E-state index is 6.37. The minimum absolute atomic E-state index is 0.423. The third-order valence-electron chi connectivity index (χ3n) is 3.38. The number of nitrogens with zero attached hydrogens (tertiary/aromatic N) is 1. The first-order chi connectivity index (χ1) is 9.97. The largest absolute Gasteiger partial charge is 0.464 e. The lowest BCUT2D eigenvalue weighted by Crippen LogP contribution is -2.24. The molecule has 1 N–H and O–H groups in total. The van der Waals surface area contributed by atoms with Crippen LogP contribution in [0.2, 0.25) is 5.02 Å². The Morgan fingerprint density at radius 2 is 2.00 bits per heavy atom. The quantitative estimate of drug-likeness (QED) is 0.858. The highest BCUT2D eigenvalue weighted by Gasteiger charge is 2.12. The predicted molar refractivity (Wildman–Crippen MR) is 89.0 cm³/mol. The monoisotopic (exact) mass is 306 g/mol. The molecular weight excluding hydrogens is 284 g/mol. The van der Waals surface area contributed by atoms with Crippen molar-refractivity contribution in [3.63, 3.8) is 0 Å². The molecule has 0 aliphatic heterocycles. The van der Waals surface area contributed by atoms with Gasteiger partial charge in [0.2, 0.25) is 0 Å². The Balaban J connectivity index is 2.19. The molecule has 2 rings (SSSR count). The molecular formula is C17H23ClN2O. The van der Waals surface area contributed by atoms with Crippen molar-refractivity contribution in [2.24, 2.45) is 0 Å². The van der Waals surface area contributed by atoms with Gasteiger partial charge in [0.1, 0.15) is 11.5 Å². The summed E-state index contributed by atoms with van der Waals surface area (Å²) < 4.78 is 5.65. The van der Waals surface area contributed by atoms with Gasteiger partial charge in [0.05, 0.1) is 6.54 Å². The van der Waals surface area contributed by atoms with Crippen molar-refractivity contribution in [3.05, 3.63) is 52.4 Å². The van der Waals surface area contributed by atoms with Gasteiger partial charge in [-0.2, -0.15) is 0 Å². The number of aryl methyl sites for hydroxylation is 1. The van der Waals surface area contributed by atoms with E-state index >= 15 is 0 Å². The van der Waals surface area contributed by atoms with Crippen molar-refractivity contribution in [2.75, 3.05) is 11.9 Å². The first kappa shape index (κ1) is 15.9. The molecule has 0 unspecified atom stereocenters. The first-order valence-electron chi connectivity index (χ1n) is 7.24. The second-order valence-corrected chi connectivity index (χ2v) is 6.05. The molecule has 21 heavy (non-hydrogen) atoms. The fourth-order valence-corrected chi connectivity index (χ4v) is 2.51. The summed E-state index contributed by atoms with van der Waals surface area (Å²) in [6.45, 7) is 7.70. The normalized spacial score (nSPS) is 11.1. The van der Waals surface area contributed by atoms with Crippen molar-refractivity contribution < 1.29 is 4.42 Å². The van der Waals surface area contributed by atoms with Gasteiger partial charge in [-0.15, -0.1) is 0 Å². The SMILES string of the molecule is Cc1ccc(CN(C)c2cccc(Cl)c2CNC(C)C)o1. The van der Waals surface area contributed by atoms with Crippen LogP contribution < -0.4 is 10.2 Å². The van der Waals surface area contributed by atoms with Gasteiger partial charge in [-0.1, -0.05) is 31.5 Å². The molecule has 0 aliphatic carbocycles. The summed E-state index contributed by atoms with van der Waals surface area (Å²) in [7, 11) is 2.06. The van der Waals surface area contributed by atoms with Crippen LogP contribution in [-0.4, -0.2) is 13.1 Å². The van der Waals surface area contributed by atoms with Crippen LogP contribution in [0.5, 0.6) is 0 Å². The van der Waals surface area contributed by atoms with E-state index in [1.54, 1.807) is 0 Å². The average Bonchev–Trinajstić information content (AvgIpc) is 2.82. The molecule has 0 bridgehead atoms. The average molecular weight is 307 g/mol. The minimum atomic E-state index is 0.423. The molecule has 4 heteroatoms. The second-order valence-electron chi connectivity index (χ2n) is 5.64. The van der Waals surface area contributed by atoms with E-state index in [-0.39, 0.29) is 0 Å². The predicted octanol–water partition coefficient (Wildman–Crippen LogP) is 4.38. The van der Waals surface area contributed by atoms with Crippen molar-refractivity contribution in [1.82, 2.24) is 5.32 Å². The maximum Gasteiger partial charge on any atom is 0.123 e. The smallest absolute Gasteiger partial charge is 0.123 e. The van der Waals surface area contributed by atoms with E-state index in [0.29, 0.717) is 6.04 Å². The number of benzene rings is 1. The molecule has 1 aromatic carbocycles. The summed E-state index contributed by atoms with van der Waals surface area (Å²) in [5, 5.41) is 4.23. The molecule has 114 valence electrons. The molecule has 0 radical (unpaired) electrons. The summed E-state index contributed by atoms with van der Waals surface area (Å²) in [4.78, 5) is 2.17. The zero-order valence-electron chi connectivity index (χ0n) is 13.1. The van der Waals surface area contributed by atoms with Gasteiger partial charge in [-0.3, -0.25) is 0 Å². The second kappa shape index (κ2) is 7.01. The van der Waals surface area contributed by atoms with E-state index in [4.69, 9.17) is 16.0 Å². The van der Waals surface area contributed by atoms with Crippen molar-refractivity contribution >= 4 is 17.3 Å². The summed E-state index contributed by atoms with van der Waals surface area (Å²) in [5.41, 5.74) is 2.25. The van der Waals surface area contributed by atoms with Gasteiger partial charge < -0.3 is 14.6 Å². The molecule has 0 aliphatic rings. The third kappa shape index (κ3) is 4.26. The van der Waals surface area contributed by atoms with Crippen LogP contribution in [0.3, 0.4) is 0 Å². The number of halogens is 1. The van der Waals surface area contributed by atoms with Gasteiger partial charge in [-0.05, 0) is 31.2 Å². The molecule has 3 nitrogen and oxygen atoms in total. The zero-order valence-corrected chi connectivity index (χ0v) is 13.9. The van der Waals surface area contributed by atoms with Crippen molar-refractivity contribution in [2.45, 2.75) is 39.9 Å². The van der Waals surface area contributed by atoms with E-state index in [9.17, 15) is 0 Å². The van der Waals surface area contributed by atoms with Gasteiger partial charge in [-0.25, -0.2) is 0 Å². The maximum absolute atomic E-state index is 6.37. The Bertz CT molecular complexity index is 592. The molecule has 2 aromatic rings. The molecule has 1 aromatic heterocycles. The van der Waals surface area contributed by atoms with Gasteiger partial charge >= 0.3 is 0 Å². The van der Waals surface area contributed by atoms with E-state index in [1.165, 1.54) is 0 Å². The Labute approximate surface area is 131 Å². The number of hydrogen-bond acceptors (Lipinski definition) is 3. The summed E-state index contributed by atoms with van der Waals surface area (Å²) in [5.74, 6) is 1.89. The standard InChI is InChI=1S/C17H23ClN2O/c1-12(2)19-10-15-16(18)6-5-7-17(15)20(4)11-14-9-8-13(3)21-14/h5-9,12,19H,10-11H2,1-4H3. The van der Waals surface area contributed by atoms with Crippen LogP contribution in [0.4, 0.5) is 5.69 Å². The highest BCUT2D eigenvalue weighted by Crippen LogP contribution is 2.28. The van der Waals surface area contributed by atoms with E-state index in [0.717, 1.165) is 40.9 Å². The van der Waals surface area contributed by atoms with Crippen LogP contribution in [0.25, 0.3) is 0 Å². The van der Waals surface area contributed by atoms with Crippen LogP contribution in [0, 0.1) is 6.92 Å². The number of nitrogens with one attached hydrogen (secondary N) is 1. The number of rotatable bonds is 6. The summed E-state index contributed by atoms with van der Waals surface area (Å²) in [6.07, 6.45) is 0. The van der Waals surface area contributed by atoms with E-state index in [2.05, 4.69) is 37.2 Å². The fourth-order valence-electron chi connectivity index (χ4n) is 2.28. The van der Waals surface area contributed by atoms with E-state index in [1.807, 2.05) is 31.2 Å². The Morgan fingerprint density at radius 1 is 1.24 bits per heavy atom. The highest BCUT2D eigenvalue weighted by atomic mass is 35.5. The van der Waals surface area contributed by atoms with Crippen molar-refractivity contribution in [3.8, 4) is 0 Å². The van der Waals surface area contributed by atoms with Crippen LogP contribution in [-0.2, 0) is 13.1 Å². The lowest BCUT2D eigenvalue weighted by atomic mass is 10.1. The summed E-state index contributed by atoms with van der Waals surface area (Å²) in [6, 6.07) is 10.4. The Morgan fingerprint density at radius 3 is 2.62 bits per heavy atom. The van der Waals surface area contributed by atoms with Gasteiger partial charge in [0, 0.05) is 35.9 Å². The molecule has 0 spiro atoms. The van der Waals surface area contributed by atoms with Crippen LogP contribution >= 0.6 is 11.6 Å². The number of anilines is 1. The molecule has 0 amide bonds. The minimum Gasteiger partial charge on any atom is -0.464 e. The molecule has 1 heterocycles. The first-order valence-corrected chi connectivity index (χ1v) is 7.62. The topological polar surface area (TPSA) is 28.4 Å². The van der Waals surface area contributed by atoms with Crippen LogP contribution in [0.1, 0.15) is 30.9 Å². The molecule has 0 atom stereocenters. The zero-order chi connectivity index (χ0) is 15.4. The Hall–Kier alpha value is -1.45. The van der Waals surface area contributed by atoms with Gasteiger partial charge in [0.25, 0.3) is 0 Å². The molecule has 0 saturated carbocycles. The third-order valence-corrected chi connectivity index (χ3v) is 3.74. The van der Waals surface area contributed by atoms with Crippen molar-refractivity contribution in [1.29, 1.82) is 0 Å². The lowest BCUT2D eigenvalue weighted by Gasteiger charge is -2.23. The Kier molecular flexibility index (Phi) is 5.32. The highest BCUT2D eigenvalue weighted by molar-refractivity contribution is 6.31. The summed E-state index contributed by atoms with van der Waals surface area (Å²) >= 11 is 6.37. The van der Waals surface area contributed by atoms with Crippen LogP contribution in [0.15, 0.2) is 34.7 Å². The molecule has 0 saturated heterocycles. The fraction of sp³-hybridized carbons (Fsp3) is 0.412. The lowest BCUT2D eigenvalue weighted by molar-refractivity contribution is 0.481. The van der Waals surface area contributed by atoms with E-state index < -0.39 is 0 Å². The number of furan rings is 1. The number of hydrogen-bond donors (Lipinski definition) is 1. The molecule has 0 fully saturated rings.